The Morgan fingerprint density at radius 3 is 1.14 bits per heavy atom. The number of hydrogen-bond donors (Lipinski definition) is 0. The fourth-order valence-corrected chi connectivity index (χ4v) is 9.13. The SMILES string of the molecule is CO[C@H]1O[C@H](COCc2ccccc2)[C@@H](O[C@@H]2O[C@H]([C@@H](COCc3ccccc3)OCc3ccccc3)[C@H](OCc3ccccc3)[C@H]2OCc2ccccc2)[C@H](OCc2ccccc2)[C@H]1OCc1ccccc1. The van der Waals surface area contributed by atoms with Crippen molar-refractivity contribution in [2.24, 2.45) is 0 Å². The molecule has 11 heteroatoms. The first-order valence-corrected chi connectivity index (χ1v) is 25.2. The van der Waals surface area contributed by atoms with Gasteiger partial charge >= 0.3 is 0 Å². The van der Waals surface area contributed by atoms with Crippen LogP contribution in [0.15, 0.2) is 212 Å². The van der Waals surface area contributed by atoms with Crippen molar-refractivity contribution in [3.8, 4) is 0 Å². The van der Waals surface area contributed by atoms with E-state index in [-0.39, 0.29) is 39.6 Å². The molecule has 11 nitrogen and oxygen atoms in total. The lowest BCUT2D eigenvalue weighted by Crippen LogP contribution is -2.62. The van der Waals surface area contributed by atoms with E-state index in [0.717, 1.165) is 38.9 Å². The first-order chi connectivity index (χ1) is 36.2. The molecule has 0 aliphatic carbocycles. The smallest absolute Gasteiger partial charge is 0.187 e. The minimum Gasteiger partial charge on any atom is -0.374 e. The molecule has 0 amide bonds. The number of benzene rings is 7. The maximum Gasteiger partial charge on any atom is 0.187 e. The first-order valence-electron chi connectivity index (χ1n) is 25.2. The average molecular weight is 987 g/mol. The quantitative estimate of drug-likeness (QED) is 0.0492. The van der Waals surface area contributed by atoms with E-state index in [1.165, 1.54) is 0 Å². The van der Waals surface area contributed by atoms with E-state index in [1.54, 1.807) is 7.11 Å². The Labute approximate surface area is 429 Å². The van der Waals surface area contributed by atoms with Crippen LogP contribution in [0.25, 0.3) is 0 Å². The maximum absolute atomic E-state index is 7.46. The molecular formula is C62H66O11. The van der Waals surface area contributed by atoms with Gasteiger partial charge in [0.25, 0.3) is 0 Å². The highest BCUT2D eigenvalue weighted by Crippen LogP contribution is 2.38. The summed E-state index contributed by atoms with van der Waals surface area (Å²) >= 11 is 0. The molecule has 9 rings (SSSR count). The van der Waals surface area contributed by atoms with E-state index in [4.69, 9.17) is 52.1 Å². The zero-order valence-corrected chi connectivity index (χ0v) is 41.3. The monoisotopic (exact) mass is 986 g/mol. The van der Waals surface area contributed by atoms with Crippen molar-refractivity contribution < 1.29 is 52.1 Å². The van der Waals surface area contributed by atoms with Crippen LogP contribution in [0.5, 0.6) is 0 Å². The van der Waals surface area contributed by atoms with Crippen LogP contribution in [0.4, 0.5) is 0 Å². The van der Waals surface area contributed by atoms with E-state index >= 15 is 0 Å². The van der Waals surface area contributed by atoms with Crippen LogP contribution in [0.3, 0.4) is 0 Å². The van der Waals surface area contributed by atoms with E-state index < -0.39 is 61.4 Å². The number of ether oxygens (including phenoxy) is 11. The molecule has 380 valence electrons. The largest absolute Gasteiger partial charge is 0.374 e. The van der Waals surface area contributed by atoms with Crippen molar-refractivity contribution in [3.63, 3.8) is 0 Å². The van der Waals surface area contributed by atoms with Gasteiger partial charge in [-0.2, -0.15) is 0 Å². The van der Waals surface area contributed by atoms with Gasteiger partial charge in [0.05, 0.1) is 59.5 Å². The Hall–Kier alpha value is -5.90. The molecule has 2 heterocycles. The van der Waals surface area contributed by atoms with Crippen LogP contribution in [0.1, 0.15) is 38.9 Å². The summed E-state index contributed by atoms with van der Waals surface area (Å²) in [5.41, 5.74) is 6.99. The Morgan fingerprint density at radius 1 is 0.356 bits per heavy atom. The Bertz CT molecular complexity index is 2560. The molecule has 0 aromatic heterocycles. The van der Waals surface area contributed by atoms with Gasteiger partial charge in [0.2, 0.25) is 0 Å². The van der Waals surface area contributed by atoms with Crippen LogP contribution in [-0.4, -0.2) is 81.7 Å². The van der Waals surface area contributed by atoms with Crippen LogP contribution in [0.2, 0.25) is 0 Å². The summed E-state index contributed by atoms with van der Waals surface area (Å²) in [4.78, 5) is 0. The Morgan fingerprint density at radius 2 is 0.712 bits per heavy atom. The van der Waals surface area contributed by atoms with Crippen LogP contribution < -0.4 is 0 Å². The zero-order chi connectivity index (χ0) is 49.7. The Kier molecular flexibility index (Phi) is 19.9. The first kappa shape index (κ1) is 52.0. The Balaban J connectivity index is 1.09. The topological polar surface area (TPSA) is 102 Å². The molecule has 0 saturated carbocycles. The third-order valence-electron chi connectivity index (χ3n) is 12.9. The summed E-state index contributed by atoms with van der Waals surface area (Å²) in [5.74, 6) is 0. The molecule has 0 unspecified atom stereocenters. The number of rotatable bonds is 27. The van der Waals surface area contributed by atoms with Crippen LogP contribution >= 0.6 is 0 Å². The molecule has 7 aromatic carbocycles. The van der Waals surface area contributed by atoms with E-state index in [2.05, 4.69) is 0 Å². The third-order valence-corrected chi connectivity index (χ3v) is 12.9. The second-order valence-electron chi connectivity index (χ2n) is 18.2. The lowest BCUT2D eigenvalue weighted by molar-refractivity contribution is -0.344. The summed E-state index contributed by atoms with van der Waals surface area (Å²) in [6.45, 7) is 2.39. The molecule has 2 aliphatic rings. The van der Waals surface area contributed by atoms with Crippen molar-refractivity contribution in [1.82, 2.24) is 0 Å². The van der Waals surface area contributed by atoms with Crippen molar-refractivity contribution in [3.05, 3.63) is 251 Å². The lowest BCUT2D eigenvalue weighted by Gasteiger charge is -2.46. The molecule has 2 fully saturated rings. The normalized spacial score (nSPS) is 23.3. The predicted octanol–water partition coefficient (Wildman–Crippen LogP) is 10.8. The summed E-state index contributed by atoms with van der Waals surface area (Å²) < 4.78 is 75.5. The van der Waals surface area contributed by atoms with Gasteiger partial charge < -0.3 is 52.1 Å². The van der Waals surface area contributed by atoms with Crippen molar-refractivity contribution in [1.29, 1.82) is 0 Å². The molecule has 73 heavy (non-hydrogen) atoms. The number of hydrogen-bond acceptors (Lipinski definition) is 11. The molecule has 0 spiro atoms. The van der Waals surface area contributed by atoms with E-state index in [9.17, 15) is 0 Å². The molecular weight excluding hydrogens is 921 g/mol. The predicted molar refractivity (Wildman–Crippen MR) is 276 cm³/mol. The van der Waals surface area contributed by atoms with Gasteiger partial charge in [-0.05, 0) is 38.9 Å². The van der Waals surface area contributed by atoms with Crippen molar-refractivity contribution >= 4 is 0 Å². The molecule has 2 saturated heterocycles. The molecule has 0 N–H and O–H groups in total. The van der Waals surface area contributed by atoms with Crippen molar-refractivity contribution in [2.45, 2.75) is 108 Å². The second kappa shape index (κ2) is 28.0. The van der Waals surface area contributed by atoms with Gasteiger partial charge in [0, 0.05) is 7.11 Å². The van der Waals surface area contributed by atoms with Gasteiger partial charge in [-0.15, -0.1) is 0 Å². The summed E-state index contributed by atoms with van der Waals surface area (Å²) in [5, 5.41) is 0. The summed E-state index contributed by atoms with van der Waals surface area (Å²) in [7, 11) is 1.61. The standard InChI is InChI=1S/C62H66O11/c1-63-61-59(69-42-51-33-19-7-20-34-51)58(68-41-50-31-17-6-18-32-50)56(54(71-61)45-65-38-47-25-11-3-12-26-47)73-62-60(70-43-52-35-21-8-22-36-52)57(67-40-49-29-15-5-16-30-49)55(72-62)53(66-39-48-27-13-4-14-28-48)44-64-37-46-23-9-2-10-24-46/h2-36,53-62H,37-45H2,1H3/t53-,54-,55-,56-,57+,58+,59-,60-,61+,62+/m1/s1. The minimum absolute atomic E-state index is 0.131. The molecule has 0 bridgehead atoms. The van der Waals surface area contributed by atoms with Crippen LogP contribution in [-0.2, 0) is 98.4 Å². The van der Waals surface area contributed by atoms with Crippen molar-refractivity contribution in [2.75, 3.05) is 20.3 Å². The van der Waals surface area contributed by atoms with Gasteiger partial charge in [0.1, 0.15) is 48.8 Å². The third kappa shape index (κ3) is 15.3. The fourth-order valence-electron chi connectivity index (χ4n) is 9.13. The second-order valence-corrected chi connectivity index (χ2v) is 18.2. The van der Waals surface area contributed by atoms with E-state index in [1.807, 2.05) is 212 Å². The summed E-state index contributed by atoms with van der Waals surface area (Å²) in [6, 6.07) is 70.4. The maximum atomic E-state index is 7.46. The van der Waals surface area contributed by atoms with Gasteiger partial charge in [-0.3, -0.25) is 0 Å². The van der Waals surface area contributed by atoms with E-state index in [0.29, 0.717) is 19.8 Å². The molecule has 10 atom stereocenters. The van der Waals surface area contributed by atoms with Gasteiger partial charge in [-0.1, -0.05) is 212 Å². The molecule has 2 aliphatic heterocycles. The fraction of sp³-hybridized carbons (Fsp3) is 0.323. The van der Waals surface area contributed by atoms with Gasteiger partial charge in [0.15, 0.2) is 12.6 Å². The summed E-state index contributed by atoms with van der Waals surface area (Å²) in [6.07, 6.45) is -7.91. The molecule has 7 aromatic rings. The minimum atomic E-state index is -1.05. The lowest BCUT2D eigenvalue weighted by atomic mass is 9.97. The zero-order valence-electron chi connectivity index (χ0n) is 41.3. The number of methoxy groups -OCH3 is 1. The van der Waals surface area contributed by atoms with Gasteiger partial charge in [-0.25, -0.2) is 0 Å². The molecule has 0 radical (unpaired) electrons. The van der Waals surface area contributed by atoms with Crippen LogP contribution in [0, 0.1) is 0 Å². The highest BCUT2D eigenvalue weighted by atomic mass is 16.8. The highest BCUT2D eigenvalue weighted by Gasteiger charge is 2.55. The highest BCUT2D eigenvalue weighted by molar-refractivity contribution is 5.19. The average Bonchev–Trinajstić information content (AvgIpc) is 3.79.